The molecular formula is C12H22ClN3O. The highest BCUT2D eigenvalue weighted by Crippen LogP contribution is 2.26. The first-order chi connectivity index (χ1) is 8.24. The van der Waals surface area contributed by atoms with Crippen molar-refractivity contribution in [2.45, 2.75) is 39.3 Å². The van der Waals surface area contributed by atoms with E-state index < -0.39 is 0 Å². The summed E-state index contributed by atoms with van der Waals surface area (Å²) in [5.74, 6) is 0. The second-order valence-corrected chi connectivity index (χ2v) is 4.35. The van der Waals surface area contributed by atoms with Crippen molar-refractivity contribution < 1.29 is 4.74 Å². The van der Waals surface area contributed by atoms with Crippen molar-refractivity contribution in [3.05, 3.63) is 16.9 Å². The molecule has 0 aliphatic rings. The summed E-state index contributed by atoms with van der Waals surface area (Å²) in [6.07, 6.45) is 3.74. The number of aryl methyl sites for hydroxylation is 1. The first kappa shape index (κ1) is 14.5. The standard InChI is InChI=1S/C12H22ClN3O/c1-4-14-11(7-6-8-17-3)12-10(13)9-15-16(12)5-2/h9,11,14H,4-8H2,1-3H3. The van der Waals surface area contributed by atoms with Crippen molar-refractivity contribution in [1.82, 2.24) is 15.1 Å². The summed E-state index contributed by atoms with van der Waals surface area (Å²) < 4.78 is 7.05. The third-order valence-corrected chi connectivity index (χ3v) is 3.05. The van der Waals surface area contributed by atoms with E-state index in [4.69, 9.17) is 16.3 Å². The minimum Gasteiger partial charge on any atom is -0.385 e. The van der Waals surface area contributed by atoms with Crippen LogP contribution < -0.4 is 5.32 Å². The molecule has 1 atom stereocenters. The number of hydrogen-bond acceptors (Lipinski definition) is 3. The molecule has 1 aromatic heterocycles. The van der Waals surface area contributed by atoms with Crippen molar-refractivity contribution in [2.75, 3.05) is 20.3 Å². The van der Waals surface area contributed by atoms with Gasteiger partial charge in [0, 0.05) is 20.3 Å². The van der Waals surface area contributed by atoms with E-state index in [1.807, 2.05) is 4.68 Å². The molecule has 5 heteroatoms. The smallest absolute Gasteiger partial charge is 0.0834 e. The van der Waals surface area contributed by atoms with Gasteiger partial charge in [-0.25, -0.2) is 0 Å². The summed E-state index contributed by atoms with van der Waals surface area (Å²) in [6, 6.07) is 0.255. The molecule has 0 fully saturated rings. The van der Waals surface area contributed by atoms with Gasteiger partial charge in [-0.2, -0.15) is 5.10 Å². The number of rotatable bonds is 8. The monoisotopic (exact) mass is 259 g/mol. The van der Waals surface area contributed by atoms with E-state index in [2.05, 4.69) is 24.3 Å². The second-order valence-electron chi connectivity index (χ2n) is 3.94. The molecule has 0 amide bonds. The highest BCUT2D eigenvalue weighted by Gasteiger charge is 2.18. The van der Waals surface area contributed by atoms with Crippen LogP contribution in [0.5, 0.6) is 0 Å². The van der Waals surface area contributed by atoms with E-state index in [9.17, 15) is 0 Å². The quantitative estimate of drug-likeness (QED) is 0.730. The molecule has 4 nitrogen and oxygen atoms in total. The Hall–Kier alpha value is -0.580. The van der Waals surface area contributed by atoms with Crippen LogP contribution in [0.2, 0.25) is 5.02 Å². The van der Waals surface area contributed by atoms with Crippen LogP contribution in [-0.4, -0.2) is 30.0 Å². The molecule has 1 N–H and O–H groups in total. The summed E-state index contributed by atoms with van der Waals surface area (Å²) in [7, 11) is 1.73. The molecule has 0 bridgehead atoms. The molecule has 0 spiro atoms. The summed E-state index contributed by atoms with van der Waals surface area (Å²) in [5.41, 5.74) is 1.09. The number of methoxy groups -OCH3 is 1. The van der Waals surface area contributed by atoms with Crippen LogP contribution in [0.15, 0.2) is 6.20 Å². The minimum absolute atomic E-state index is 0.255. The average molecular weight is 260 g/mol. The molecular weight excluding hydrogens is 238 g/mol. The molecule has 0 aliphatic heterocycles. The Labute approximate surface area is 108 Å². The Morgan fingerprint density at radius 2 is 2.29 bits per heavy atom. The van der Waals surface area contributed by atoms with Crippen molar-refractivity contribution >= 4 is 11.6 Å². The van der Waals surface area contributed by atoms with Gasteiger partial charge in [-0.1, -0.05) is 18.5 Å². The van der Waals surface area contributed by atoms with Crippen molar-refractivity contribution in [2.24, 2.45) is 0 Å². The van der Waals surface area contributed by atoms with Crippen LogP contribution in [0.4, 0.5) is 0 Å². The second kappa shape index (κ2) is 7.69. The molecule has 0 aromatic carbocycles. The number of hydrogen-bond donors (Lipinski definition) is 1. The van der Waals surface area contributed by atoms with Crippen LogP contribution >= 0.6 is 11.6 Å². The fraction of sp³-hybridized carbons (Fsp3) is 0.750. The maximum Gasteiger partial charge on any atom is 0.0834 e. The molecule has 98 valence electrons. The summed E-state index contributed by atoms with van der Waals surface area (Å²) in [5, 5.41) is 8.48. The van der Waals surface area contributed by atoms with Crippen LogP contribution in [0.25, 0.3) is 0 Å². The van der Waals surface area contributed by atoms with E-state index in [0.717, 1.165) is 43.3 Å². The molecule has 0 saturated heterocycles. The molecule has 1 heterocycles. The van der Waals surface area contributed by atoms with Crippen molar-refractivity contribution in [3.8, 4) is 0 Å². The summed E-state index contributed by atoms with van der Waals surface area (Å²) in [4.78, 5) is 0. The van der Waals surface area contributed by atoms with Gasteiger partial charge >= 0.3 is 0 Å². The minimum atomic E-state index is 0.255. The molecule has 0 radical (unpaired) electrons. The average Bonchev–Trinajstić information content (AvgIpc) is 2.69. The fourth-order valence-corrected chi connectivity index (χ4v) is 2.26. The Bertz CT molecular complexity index is 328. The maximum absolute atomic E-state index is 6.21. The first-order valence-corrected chi connectivity index (χ1v) is 6.55. The van der Waals surface area contributed by atoms with E-state index >= 15 is 0 Å². The zero-order valence-electron chi connectivity index (χ0n) is 10.9. The predicted octanol–water partition coefficient (Wildman–Crippen LogP) is 2.63. The highest BCUT2D eigenvalue weighted by atomic mass is 35.5. The number of nitrogens with zero attached hydrogens (tertiary/aromatic N) is 2. The Morgan fingerprint density at radius 3 is 2.88 bits per heavy atom. The third kappa shape index (κ3) is 3.98. The van der Waals surface area contributed by atoms with E-state index in [1.165, 1.54) is 0 Å². The summed E-state index contributed by atoms with van der Waals surface area (Å²) >= 11 is 6.21. The van der Waals surface area contributed by atoms with Gasteiger partial charge in [0.25, 0.3) is 0 Å². The molecule has 17 heavy (non-hydrogen) atoms. The van der Waals surface area contributed by atoms with Crippen LogP contribution in [0.3, 0.4) is 0 Å². The Kier molecular flexibility index (Phi) is 6.55. The third-order valence-electron chi connectivity index (χ3n) is 2.75. The van der Waals surface area contributed by atoms with E-state index in [-0.39, 0.29) is 6.04 Å². The highest BCUT2D eigenvalue weighted by molar-refractivity contribution is 6.31. The van der Waals surface area contributed by atoms with Crippen molar-refractivity contribution in [3.63, 3.8) is 0 Å². The van der Waals surface area contributed by atoms with Gasteiger partial charge in [0.2, 0.25) is 0 Å². The van der Waals surface area contributed by atoms with Gasteiger partial charge < -0.3 is 10.1 Å². The zero-order chi connectivity index (χ0) is 12.7. The number of ether oxygens (including phenoxy) is 1. The lowest BCUT2D eigenvalue weighted by Gasteiger charge is -2.19. The topological polar surface area (TPSA) is 39.1 Å². The van der Waals surface area contributed by atoms with Gasteiger partial charge in [0.15, 0.2) is 0 Å². The lowest BCUT2D eigenvalue weighted by Crippen LogP contribution is -2.24. The van der Waals surface area contributed by atoms with Crippen LogP contribution in [0.1, 0.15) is 38.4 Å². The predicted molar refractivity (Wildman–Crippen MR) is 70.4 cm³/mol. The SMILES string of the molecule is CCNC(CCCOC)c1c(Cl)cnn1CC. The van der Waals surface area contributed by atoms with Gasteiger partial charge in [-0.05, 0) is 26.3 Å². The molecule has 1 rings (SSSR count). The maximum atomic E-state index is 6.21. The fourth-order valence-electron chi connectivity index (χ4n) is 1.98. The zero-order valence-corrected chi connectivity index (χ0v) is 11.6. The summed E-state index contributed by atoms with van der Waals surface area (Å²) in [6.45, 7) is 6.71. The van der Waals surface area contributed by atoms with E-state index in [1.54, 1.807) is 13.3 Å². The van der Waals surface area contributed by atoms with Gasteiger partial charge in [0.1, 0.15) is 0 Å². The Balaban J connectivity index is 2.76. The van der Waals surface area contributed by atoms with Gasteiger partial charge in [0.05, 0.1) is 23.0 Å². The lowest BCUT2D eigenvalue weighted by molar-refractivity contribution is 0.188. The normalized spacial score (nSPS) is 12.9. The van der Waals surface area contributed by atoms with Crippen LogP contribution in [-0.2, 0) is 11.3 Å². The van der Waals surface area contributed by atoms with E-state index in [0.29, 0.717) is 0 Å². The van der Waals surface area contributed by atoms with Crippen LogP contribution in [0, 0.1) is 0 Å². The lowest BCUT2D eigenvalue weighted by atomic mass is 10.1. The largest absolute Gasteiger partial charge is 0.385 e. The van der Waals surface area contributed by atoms with Crippen molar-refractivity contribution in [1.29, 1.82) is 0 Å². The number of aromatic nitrogens is 2. The molecule has 0 aliphatic carbocycles. The number of nitrogens with one attached hydrogen (secondary N) is 1. The Morgan fingerprint density at radius 1 is 1.53 bits per heavy atom. The first-order valence-electron chi connectivity index (χ1n) is 6.18. The molecule has 1 unspecified atom stereocenters. The van der Waals surface area contributed by atoms with Gasteiger partial charge in [-0.3, -0.25) is 4.68 Å². The molecule has 0 saturated carbocycles. The molecule has 1 aromatic rings. The van der Waals surface area contributed by atoms with Gasteiger partial charge in [-0.15, -0.1) is 0 Å². The number of halogens is 1.